The van der Waals surface area contributed by atoms with Crippen LogP contribution in [-0.2, 0) is 0 Å². The predicted octanol–water partition coefficient (Wildman–Crippen LogP) is 4.20. The van der Waals surface area contributed by atoms with Crippen LogP contribution in [0.5, 0.6) is 11.5 Å². The molecule has 0 saturated carbocycles. The van der Waals surface area contributed by atoms with Gasteiger partial charge in [-0.2, -0.15) is 0 Å². The van der Waals surface area contributed by atoms with Crippen molar-refractivity contribution >= 4 is 50.7 Å². The van der Waals surface area contributed by atoms with E-state index < -0.39 is 0 Å². The molecule has 0 aliphatic carbocycles. The van der Waals surface area contributed by atoms with Crippen LogP contribution in [0.4, 0.5) is 5.69 Å². The van der Waals surface area contributed by atoms with E-state index in [1.165, 1.54) is 0 Å². The summed E-state index contributed by atoms with van der Waals surface area (Å²) in [7, 11) is 0. The molecule has 0 radical (unpaired) electrons. The molecule has 108 valence electrons. The quantitative estimate of drug-likeness (QED) is 0.808. The van der Waals surface area contributed by atoms with Crippen LogP contribution >= 0.6 is 39.1 Å². The van der Waals surface area contributed by atoms with E-state index >= 15 is 0 Å². The fourth-order valence-corrected chi connectivity index (χ4v) is 2.62. The topological polar surface area (TPSA) is 59.6 Å². The van der Waals surface area contributed by atoms with Gasteiger partial charge in [0.2, 0.25) is 0 Å². The molecule has 1 aliphatic rings. The normalized spacial score (nSPS) is 12.3. The van der Waals surface area contributed by atoms with Crippen LogP contribution in [0.2, 0.25) is 10.0 Å². The number of halogens is 3. The molecule has 2 N–H and O–H groups in total. The molecule has 8 heteroatoms. The molecule has 0 fully saturated rings. The minimum atomic E-state index is -0.357. The Balaban J connectivity index is 1.91. The Morgan fingerprint density at radius 3 is 2.67 bits per heavy atom. The van der Waals surface area contributed by atoms with Gasteiger partial charge in [0, 0.05) is 22.2 Å². The summed E-state index contributed by atoms with van der Waals surface area (Å²) < 4.78 is 0.559. The summed E-state index contributed by atoms with van der Waals surface area (Å²) >= 11 is 15.3. The third-order valence-electron chi connectivity index (χ3n) is 2.78. The van der Waals surface area contributed by atoms with Crippen LogP contribution < -0.4 is 20.6 Å². The molecule has 5 nitrogen and oxygen atoms in total. The van der Waals surface area contributed by atoms with Crippen molar-refractivity contribution in [1.29, 1.82) is 0 Å². The van der Waals surface area contributed by atoms with Crippen molar-refractivity contribution < 1.29 is 14.5 Å². The first-order valence-electron chi connectivity index (χ1n) is 5.74. The molecule has 0 saturated heterocycles. The Bertz CT molecular complexity index is 740. The monoisotopic (exact) mass is 388 g/mol. The van der Waals surface area contributed by atoms with E-state index in [1.807, 2.05) is 0 Å². The number of hydrogen-bond acceptors (Lipinski definition) is 4. The third-order valence-corrected chi connectivity index (χ3v) is 4.26. The first-order chi connectivity index (χ1) is 10.1. The Labute approximate surface area is 138 Å². The molecule has 0 spiro atoms. The molecular weight excluding hydrogens is 383 g/mol. The number of anilines is 1. The SMILES string of the molecule is O=C(Nc1cccc(Cl)c1Cl)c1cc2c(cc1Br)ONO2. The number of hydrogen-bond donors (Lipinski definition) is 2. The lowest BCUT2D eigenvalue weighted by molar-refractivity contribution is 0.0259. The van der Waals surface area contributed by atoms with E-state index in [4.69, 9.17) is 32.9 Å². The van der Waals surface area contributed by atoms with Gasteiger partial charge in [-0.25, -0.2) is 0 Å². The molecular formula is C13H7BrCl2N2O3. The summed E-state index contributed by atoms with van der Waals surface area (Å²) in [6, 6.07) is 8.18. The molecule has 21 heavy (non-hydrogen) atoms. The van der Waals surface area contributed by atoms with Crippen LogP contribution in [-0.4, -0.2) is 5.91 Å². The van der Waals surface area contributed by atoms with Gasteiger partial charge in [0.1, 0.15) is 0 Å². The minimum absolute atomic E-state index is 0.283. The summed E-state index contributed by atoms with van der Waals surface area (Å²) in [5.74, 6) is 0.545. The molecule has 0 bridgehead atoms. The van der Waals surface area contributed by atoms with Gasteiger partial charge in [0.15, 0.2) is 11.5 Å². The number of rotatable bonds is 2. The maximum atomic E-state index is 12.3. The van der Waals surface area contributed by atoms with Crippen molar-refractivity contribution in [2.75, 3.05) is 5.32 Å². The highest BCUT2D eigenvalue weighted by Crippen LogP contribution is 2.36. The largest absolute Gasteiger partial charge is 0.370 e. The first kappa shape index (κ1) is 14.5. The molecule has 3 rings (SSSR count). The standard InChI is InChI=1S/C13H7BrCl2N2O3/c14-7-5-11-10(20-18-21-11)4-6(7)13(19)17-9-3-1-2-8(15)12(9)16/h1-5,18H,(H,17,19). The minimum Gasteiger partial charge on any atom is -0.370 e. The van der Waals surface area contributed by atoms with Crippen molar-refractivity contribution in [1.82, 2.24) is 5.64 Å². The number of fused-ring (bicyclic) bond motifs is 1. The summed E-state index contributed by atoms with van der Waals surface area (Å²) in [6.07, 6.45) is 0. The molecule has 1 amide bonds. The smallest absolute Gasteiger partial charge is 0.256 e. The second-order valence-corrected chi connectivity index (χ2v) is 5.76. The van der Waals surface area contributed by atoms with E-state index in [2.05, 4.69) is 26.9 Å². The van der Waals surface area contributed by atoms with Gasteiger partial charge in [-0.05, 0) is 28.1 Å². The highest BCUT2D eigenvalue weighted by Gasteiger charge is 2.21. The highest BCUT2D eigenvalue weighted by atomic mass is 79.9. The zero-order chi connectivity index (χ0) is 15.0. The van der Waals surface area contributed by atoms with Gasteiger partial charge in [0.25, 0.3) is 5.91 Å². The van der Waals surface area contributed by atoms with Gasteiger partial charge in [-0.3, -0.25) is 4.79 Å². The van der Waals surface area contributed by atoms with Gasteiger partial charge in [0.05, 0.1) is 21.3 Å². The van der Waals surface area contributed by atoms with Crippen molar-refractivity contribution in [2.45, 2.75) is 0 Å². The lowest BCUT2D eigenvalue weighted by atomic mass is 10.2. The summed E-state index contributed by atoms with van der Waals surface area (Å²) in [5, 5.41) is 3.34. The number of nitrogens with one attached hydrogen (secondary N) is 2. The van der Waals surface area contributed by atoms with Crippen LogP contribution in [0.3, 0.4) is 0 Å². The Morgan fingerprint density at radius 1 is 1.19 bits per heavy atom. The van der Waals surface area contributed by atoms with E-state index in [9.17, 15) is 4.79 Å². The Hall–Kier alpha value is -1.47. The molecule has 1 aliphatic heterocycles. The van der Waals surface area contributed by atoms with Crippen LogP contribution in [0, 0.1) is 0 Å². The maximum absolute atomic E-state index is 12.3. The maximum Gasteiger partial charge on any atom is 0.256 e. The fraction of sp³-hybridized carbons (Fsp3) is 0. The molecule has 0 unspecified atom stereocenters. The molecule has 2 aromatic rings. The average Bonchev–Trinajstić information content (AvgIpc) is 2.90. The van der Waals surface area contributed by atoms with Crippen molar-refractivity contribution in [3.8, 4) is 11.5 Å². The zero-order valence-corrected chi connectivity index (χ0v) is 13.3. The van der Waals surface area contributed by atoms with Gasteiger partial charge >= 0.3 is 0 Å². The Kier molecular flexibility index (Phi) is 3.95. The number of amides is 1. The van der Waals surface area contributed by atoms with Crippen molar-refractivity contribution in [2.24, 2.45) is 0 Å². The number of benzene rings is 2. The second-order valence-electron chi connectivity index (χ2n) is 4.12. The van der Waals surface area contributed by atoms with Crippen molar-refractivity contribution in [3.05, 3.63) is 50.4 Å². The van der Waals surface area contributed by atoms with Gasteiger partial charge in [-0.15, -0.1) is 0 Å². The highest BCUT2D eigenvalue weighted by molar-refractivity contribution is 9.10. The summed E-state index contributed by atoms with van der Waals surface area (Å²) in [5.41, 5.74) is 3.06. The second kappa shape index (κ2) is 5.73. The number of carbonyl (C=O) groups is 1. The Morgan fingerprint density at radius 2 is 1.90 bits per heavy atom. The van der Waals surface area contributed by atoms with E-state index in [-0.39, 0.29) is 10.9 Å². The average molecular weight is 390 g/mol. The van der Waals surface area contributed by atoms with E-state index in [1.54, 1.807) is 30.3 Å². The number of carbonyl (C=O) groups excluding carboxylic acids is 1. The van der Waals surface area contributed by atoms with Crippen LogP contribution in [0.25, 0.3) is 0 Å². The molecule has 0 atom stereocenters. The third kappa shape index (κ3) is 2.80. The van der Waals surface area contributed by atoms with Gasteiger partial charge in [-0.1, -0.05) is 29.3 Å². The summed E-state index contributed by atoms with van der Waals surface area (Å²) in [6.45, 7) is 0. The zero-order valence-electron chi connectivity index (χ0n) is 10.2. The van der Waals surface area contributed by atoms with E-state index in [0.29, 0.717) is 32.2 Å². The van der Waals surface area contributed by atoms with Crippen LogP contribution in [0.1, 0.15) is 10.4 Å². The van der Waals surface area contributed by atoms with Crippen molar-refractivity contribution in [3.63, 3.8) is 0 Å². The van der Waals surface area contributed by atoms with Crippen LogP contribution in [0.15, 0.2) is 34.8 Å². The lowest BCUT2D eigenvalue weighted by Crippen LogP contribution is -2.14. The first-order valence-corrected chi connectivity index (χ1v) is 7.29. The van der Waals surface area contributed by atoms with Gasteiger partial charge < -0.3 is 15.0 Å². The predicted molar refractivity (Wildman–Crippen MR) is 82.9 cm³/mol. The lowest BCUT2D eigenvalue weighted by Gasteiger charge is -2.09. The molecule has 1 heterocycles. The summed E-state index contributed by atoms with van der Waals surface area (Å²) in [4.78, 5) is 22.4. The molecule has 2 aromatic carbocycles. The van der Waals surface area contributed by atoms with E-state index in [0.717, 1.165) is 0 Å². The molecule has 0 aromatic heterocycles. The fourth-order valence-electron chi connectivity index (χ4n) is 1.77.